The SMILES string of the molecule is Clc1cccc2oc3c(-c4ccccc4)nc(-c4ccccc4)nc3c12. The largest absolute Gasteiger partial charge is 0.452 e. The number of hydrogen-bond acceptors (Lipinski definition) is 3. The molecule has 0 bridgehead atoms. The van der Waals surface area contributed by atoms with Crippen LogP contribution in [0.3, 0.4) is 0 Å². The van der Waals surface area contributed by atoms with Crippen molar-refractivity contribution >= 4 is 33.7 Å². The van der Waals surface area contributed by atoms with Crippen molar-refractivity contribution in [2.45, 2.75) is 0 Å². The number of benzene rings is 3. The highest BCUT2D eigenvalue weighted by atomic mass is 35.5. The predicted molar refractivity (Wildman–Crippen MR) is 105 cm³/mol. The minimum atomic E-state index is 0.623. The monoisotopic (exact) mass is 356 g/mol. The molecule has 3 nitrogen and oxygen atoms in total. The smallest absolute Gasteiger partial charge is 0.180 e. The maximum absolute atomic E-state index is 6.45. The van der Waals surface area contributed by atoms with Crippen LogP contribution in [0.4, 0.5) is 0 Å². The van der Waals surface area contributed by atoms with Crippen molar-refractivity contribution in [2.75, 3.05) is 0 Å². The van der Waals surface area contributed by atoms with E-state index in [0.29, 0.717) is 22.0 Å². The summed E-state index contributed by atoms with van der Waals surface area (Å²) < 4.78 is 6.10. The molecule has 0 amide bonds. The summed E-state index contributed by atoms with van der Waals surface area (Å²) in [6.07, 6.45) is 0. The highest BCUT2D eigenvalue weighted by Gasteiger charge is 2.19. The lowest BCUT2D eigenvalue weighted by molar-refractivity contribution is 0.667. The maximum Gasteiger partial charge on any atom is 0.180 e. The van der Waals surface area contributed by atoms with Gasteiger partial charge < -0.3 is 4.42 Å². The van der Waals surface area contributed by atoms with E-state index in [1.54, 1.807) is 0 Å². The maximum atomic E-state index is 6.45. The zero-order chi connectivity index (χ0) is 17.5. The number of furan rings is 1. The van der Waals surface area contributed by atoms with Crippen molar-refractivity contribution in [1.82, 2.24) is 9.97 Å². The molecule has 5 aromatic rings. The average molecular weight is 357 g/mol. The van der Waals surface area contributed by atoms with Gasteiger partial charge in [-0.25, -0.2) is 9.97 Å². The molecule has 0 radical (unpaired) electrons. The van der Waals surface area contributed by atoms with Gasteiger partial charge in [0.1, 0.15) is 16.8 Å². The fourth-order valence-corrected chi connectivity index (χ4v) is 3.41. The lowest BCUT2D eigenvalue weighted by Crippen LogP contribution is -1.93. The standard InChI is InChI=1S/C22H13ClN2O/c23-16-12-7-13-17-18(16)20-21(26-17)19(14-8-3-1-4-9-14)24-22(25-20)15-10-5-2-6-11-15/h1-13H. The Bertz CT molecular complexity index is 1230. The summed E-state index contributed by atoms with van der Waals surface area (Å²) in [6, 6.07) is 25.6. The van der Waals surface area contributed by atoms with E-state index >= 15 is 0 Å². The molecule has 0 unspecified atom stereocenters. The molecule has 0 fully saturated rings. The van der Waals surface area contributed by atoms with E-state index in [9.17, 15) is 0 Å². The van der Waals surface area contributed by atoms with E-state index in [-0.39, 0.29) is 0 Å². The Labute approximate surface area is 154 Å². The summed E-state index contributed by atoms with van der Waals surface area (Å²) in [7, 11) is 0. The molecule has 2 aromatic heterocycles. The molecule has 0 saturated carbocycles. The molecule has 0 spiro atoms. The van der Waals surface area contributed by atoms with Crippen molar-refractivity contribution < 1.29 is 4.42 Å². The Kier molecular flexibility index (Phi) is 3.47. The molecule has 0 aliphatic rings. The van der Waals surface area contributed by atoms with Crippen LogP contribution in [-0.4, -0.2) is 9.97 Å². The predicted octanol–water partition coefficient (Wildman–Crippen LogP) is 6.36. The van der Waals surface area contributed by atoms with E-state index in [1.807, 2.05) is 78.9 Å². The van der Waals surface area contributed by atoms with Crippen molar-refractivity contribution in [3.05, 3.63) is 83.9 Å². The normalized spacial score (nSPS) is 11.3. The van der Waals surface area contributed by atoms with Gasteiger partial charge in [0.15, 0.2) is 11.4 Å². The lowest BCUT2D eigenvalue weighted by atomic mass is 10.1. The van der Waals surface area contributed by atoms with Gasteiger partial charge in [-0.05, 0) is 12.1 Å². The Balaban J connectivity index is 1.93. The molecule has 2 heterocycles. The van der Waals surface area contributed by atoms with Crippen molar-refractivity contribution in [2.24, 2.45) is 0 Å². The van der Waals surface area contributed by atoms with Gasteiger partial charge in [-0.3, -0.25) is 0 Å². The van der Waals surface area contributed by atoms with Crippen LogP contribution in [0, 0.1) is 0 Å². The number of halogens is 1. The van der Waals surface area contributed by atoms with Crippen LogP contribution in [0.2, 0.25) is 5.02 Å². The van der Waals surface area contributed by atoms with Crippen LogP contribution in [0.25, 0.3) is 44.7 Å². The van der Waals surface area contributed by atoms with Crippen LogP contribution < -0.4 is 0 Å². The highest BCUT2D eigenvalue weighted by molar-refractivity contribution is 6.37. The minimum absolute atomic E-state index is 0.623. The molecule has 26 heavy (non-hydrogen) atoms. The van der Waals surface area contributed by atoms with Crippen LogP contribution in [0.15, 0.2) is 83.3 Å². The second-order valence-electron chi connectivity index (χ2n) is 6.02. The summed E-state index contributed by atoms with van der Waals surface area (Å²) in [4.78, 5) is 9.61. The van der Waals surface area contributed by atoms with Gasteiger partial charge in [-0.1, -0.05) is 78.3 Å². The fraction of sp³-hybridized carbons (Fsp3) is 0. The van der Waals surface area contributed by atoms with Crippen LogP contribution in [-0.2, 0) is 0 Å². The second-order valence-corrected chi connectivity index (χ2v) is 6.43. The molecular formula is C22H13ClN2O. The second kappa shape index (κ2) is 5.97. The fourth-order valence-electron chi connectivity index (χ4n) is 3.15. The topological polar surface area (TPSA) is 38.9 Å². The van der Waals surface area contributed by atoms with Gasteiger partial charge in [0, 0.05) is 11.1 Å². The quantitative estimate of drug-likeness (QED) is 0.369. The molecule has 5 rings (SSSR count). The summed E-state index contributed by atoms with van der Waals surface area (Å²) >= 11 is 6.45. The van der Waals surface area contributed by atoms with Crippen LogP contribution >= 0.6 is 11.6 Å². The molecule has 0 N–H and O–H groups in total. The average Bonchev–Trinajstić information content (AvgIpc) is 3.08. The van der Waals surface area contributed by atoms with Crippen LogP contribution in [0.1, 0.15) is 0 Å². The number of nitrogens with zero attached hydrogens (tertiary/aromatic N) is 2. The third-order valence-electron chi connectivity index (χ3n) is 4.37. The van der Waals surface area contributed by atoms with Gasteiger partial charge in [-0.2, -0.15) is 0 Å². The zero-order valence-electron chi connectivity index (χ0n) is 13.7. The Morgan fingerprint density at radius 3 is 2.12 bits per heavy atom. The zero-order valence-corrected chi connectivity index (χ0v) is 14.4. The van der Waals surface area contributed by atoms with E-state index in [4.69, 9.17) is 26.0 Å². The molecule has 0 atom stereocenters. The molecule has 0 aliphatic heterocycles. The van der Waals surface area contributed by atoms with E-state index in [1.165, 1.54) is 0 Å². The molecule has 0 saturated heterocycles. The summed E-state index contributed by atoms with van der Waals surface area (Å²) in [6.45, 7) is 0. The Morgan fingerprint density at radius 2 is 1.38 bits per heavy atom. The van der Waals surface area contributed by atoms with E-state index in [0.717, 1.165) is 27.7 Å². The van der Waals surface area contributed by atoms with Gasteiger partial charge in [0.25, 0.3) is 0 Å². The summed E-state index contributed by atoms with van der Waals surface area (Å²) in [5, 5.41) is 1.44. The van der Waals surface area contributed by atoms with Gasteiger partial charge >= 0.3 is 0 Å². The molecule has 4 heteroatoms. The minimum Gasteiger partial charge on any atom is -0.452 e. The molecule has 124 valence electrons. The Morgan fingerprint density at radius 1 is 0.692 bits per heavy atom. The van der Waals surface area contributed by atoms with Gasteiger partial charge in [-0.15, -0.1) is 0 Å². The molecule has 3 aromatic carbocycles. The number of aromatic nitrogens is 2. The van der Waals surface area contributed by atoms with E-state index < -0.39 is 0 Å². The third kappa shape index (κ3) is 2.37. The number of fused-ring (bicyclic) bond motifs is 3. The third-order valence-corrected chi connectivity index (χ3v) is 4.68. The van der Waals surface area contributed by atoms with Crippen molar-refractivity contribution in [1.29, 1.82) is 0 Å². The van der Waals surface area contributed by atoms with Crippen LogP contribution in [0.5, 0.6) is 0 Å². The summed E-state index contributed by atoms with van der Waals surface area (Å²) in [5.41, 5.74) is 4.79. The first-order valence-electron chi connectivity index (χ1n) is 8.31. The van der Waals surface area contributed by atoms with E-state index in [2.05, 4.69) is 0 Å². The highest BCUT2D eigenvalue weighted by Crippen LogP contribution is 2.38. The van der Waals surface area contributed by atoms with Gasteiger partial charge in [0.2, 0.25) is 0 Å². The first kappa shape index (κ1) is 15.1. The number of hydrogen-bond donors (Lipinski definition) is 0. The number of rotatable bonds is 2. The molecular weight excluding hydrogens is 344 g/mol. The molecule has 0 aliphatic carbocycles. The van der Waals surface area contributed by atoms with Gasteiger partial charge in [0.05, 0.1) is 10.4 Å². The summed E-state index contributed by atoms with van der Waals surface area (Å²) in [5.74, 6) is 0.652. The Hall–Kier alpha value is -3.17. The van der Waals surface area contributed by atoms with Crippen molar-refractivity contribution in [3.8, 4) is 22.6 Å². The lowest BCUT2D eigenvalue weighted by Gasteiger charge is -2.06. The van der Waals surface area contributed by atoms with Crippen molar-refractivity contribution in [3.63, 3.8) is 0 Å². The first-order chi connectivity index (χ1) is 12.8. The first-order valence-corrected chi connectivity index (χ1v) is 8.69.